The highest BCUT2D eigenvalue weighted by Crippen LogP contribution is 2.29. The Morgan fingerprint density at radius 3 is 2.90 bits per heavy atom. The number of fused-ring (bicyclic) bond motifs is 1. The molecule has 2 aromatic rings. The fourth-order valence-electron chi connectivity index (χ4n) is 3.37. The maximum atomic E-state index is 5.83. The van der Waals surface area contributed by atoms with Gasteiger partial charge in [-0.1, -0.05) is 37.6 Å². The Labute approximate surface area is 127 Å². The standard InChI is InChI=1S/C18H25N3/c1-2-14-6-5-10-21(11-9-14)18-17-8-4-3-7-15(17)12-16(13-19)20-18/h3-4,7-8,12,14H,2,5-6,9-11,13,19H2,1H3. The molecular formula is C18H25N3. The molecule has 112 valence electrons. The number of aromatic nitrogens is 1. The van der Waals surface area contributed by atoms with E-state index in [9.17, 15) is 0 Å². The molecule has 1 atom stereocenters. The minimum Gasteiger partial charge on any atom is -0.356 e. The third-order valence-corrected chi connectivity index (χ3v) is 4.71. The highest BCUT2D eigenvalue weighted by molar-refractivity contribution is 5.92. The number of hydrogen-bond acceptors (Lipinski definition) is 3. The SMILES string of the molecule is CCC1CCCN(c2nc(CN)cc3ccccc23)CC1. The van der Waals surface area contributed by atoms with Crippen LogP contribution in [0.5, 0.6) is 0 Å². The van der Waals surface area contributed by atoms with Gasteiger partial charge in [0.05, 0.1) is 5.69 Å². The second-order valence-electron chi connectivity index (χ2n) is 6.05. The largest absolute Gasteiger partial charge is 0.356 e. The maximum Gasteiger partial charge on any atom is 0.136 e. The molecule has 0 spiro atoms. The molecule has 1 aromatic carbocycles. The fraction of sp³-hybridized carbons (Fsp3) is 0.500. The first-order valence-corrected chi connectivity index (χ1v) is 8.15. The van der Waals surface area contributed by atoms with E-state index < -0.39 is 0 Å². The summed E-state index contributed by atoms with van der Waals surface area (Å²) in [6.07, 6.45) is 5.19. The highest BCUT2D eigenvalue weighted by Gasteiger charge is 2.18. The average molecular weight is 283 g/mol. The molecule has 1 unspecified atom stereocenters. The van der Waals surface area contributed by atoms with Crippen LogP contribution in [0.25, 0.3) is 10.8 Å². The molecular weight excluding hydrogens is 258 g/mol. The van der Waals surface area contributed by atoms with E-state index in [-0.39, 0.29) is 0 Å². The van der Waals surface area contributed by atoms with Crippen LogP contribution in [0.15, 0.2) is 30.3 Å². The molecule has 1 saturated heterocycles. The van der Waals surface area contributed by atoms with Gasteiger partial charge in [0.25, 0.3) is 0 Å². The van der Waals surface area contributed by atoms with Gasteiger partial charge >= 0.3 is 0 Å². The summed E-state index contributed by atoms with van der Waals surface area (Å²) in [5, 5.41) is 2.50. The second kappa shape index (κ2) is 6.44. The maximum absolute atomic E-state index is 5.83. The lowest BCUT2D eigenvalue weighted by molar-refractivity contribution is 0.459. The zero-order chi connectivity index (χ0) is 14.7. The summed E-state index contributed by atoms with van der Waals surface area (Å²) >= 11 is 0. The monoisotopic (exact) mass is 283 g/mol. The summed E-state index contributed by atoms with van der Waals surface area (Å²) in [4.78, 5) is 7.31. The smallest absolute Gasteiger partial charge is 0.136 e. The van der Waals surface area contributed by atoms with Crippen molar-refractivity contribution in [2.45, 2.75) is 39.2 Å². The molecule has 0 saturated carbocycles. The molecule has 1 aromatic heterocycles. The summed E-state index contributed by atoms with van der Waals surface area (Å²) in [7, 11) is 0. The first-order chi connectivity index (χ1) is 10.3. The molecule has 1 fully saturated rings. The topological polar surface area (TPSA) is 42.2 Å². The summed E-state index contributed by atoms with van der Waals surface area (Å²) in [6.45, 7) is 5.04. The Hall–Kier alpha value is -1.61. The summed E-state index contributed by atoms with van der Waals surface area (Å²) in [6, 6.07) is 10.6. The van der Waals surface area contributed by atoms with Gasteiger partial charge in [-0.25, -0.2) is 4.98 Å². The molecule has 3 heteroatoms. The Morgan fingerprint density at radius 2 is 2.10 bits per heavy atom. The van der Waals surface area contributed by atoms with E-state index in [0.29, 0.717) is 6.54 Å². The van der Waals surface area contributed by atoms with Crippen LogP contribution >= 0.6 is 0 Å². The highest BCUT2D eigenvalue weighted by atomic mass is 15.2. The van der Waals surface area contributed by atoms with Gasteiger partial charge < -0.3 is 10.6 Å². The molecule has 0 aliphatic carbocycles. The van der Waals surface area contributed by atoms with Crippen LogP contribution in [0, 0.1) is 5.92 Å². The predicted molar refractivity (Wildman–Crippen MR) is 89.5 cm³/mol. The van der Waals surface area contributed by atoms with Crippen molar-refractivity contribution in [1.82, 2.24) is 4.98 Å². The molecule has 2 N–H and O–H groups in total. The zero-order valence-corrected chi connectivity index (χ0v) is 12.9. The van der Waals surface area contributed by atoms with Gasteiger partial charge in [-0.3, -0.25) is 0 Å². The molecule has 1 aliphatic heterocycles. The van der Waals surface area contributed by atoms with Crippen molar-refractivity contribution in [2.24, 2.45) is 11.7 Å². The van der Waals surface area contributed by atoms with E-state index in [1.807, 2.05) is 0 Å². The van der Waals surface area contributed by atoms with Gasteiger partial charge in [-0.2, -0.15) is 0 Å². The van der Waals surface area contributed by atoms with Crippen molar-refractivity contribution in [3.05, 3.63) is 36.0 Å². The Bertz CT molecular complexity index is 608. The number of nitrogens with two attached hydrogens (primary N) is 1. The van der Waals surface area contributed by atoms with Crippen molar-refractivity contribution in [1.29, 1.82) is 0 Å². The van der Waals surface area contributed by atoms with Crippen LogP contribution in [-0.4, -0.2) is 18.1 Å². The van der Waals surface area contributed by atoms with Crippen molar-refractivity contribution in [2.75, 3.05) is 18.0 Å². The second-order valence-corrected chi connectivity index (χ2v) is 6.05. The minimum absolute atomic E-state index is 0.503. The van der Waals surface area contributed by atoms with Gasteiger partial charge in [0.15, 0.2) is 0 Å². The molecule has 2 heterocycles. The Kier molecular flexibility index (Phi) is 4.39. The first-order valence-electron chi connectivity index (χ1n) is 8.15. The molecule has 21 heavy (non-hydrogen) atoms. The summed E-state index contributed by atoms with van der Waals surface area (Å²) in [5.41, 5.74) is 6.82. The van der Waals surface area contributed by atoms with E-state index >= 15 is 0 Å². The molecule has 0 amide bonds. The average Bonchev–Trinajstić information content (AvgIpc) is 2.79. The normalized spacial score (nSPS) is 19.7. The molecule has 1 aliphatic rings. The summed E-state index contributed by atoms with van der Waals surface area (Å²) in [5.74, 6) is 2.00. The van der Waals surface area contributed by atoms with Crippen LogP contribution in [0.3, 0.4) is 0 Å². The first kappa shape index (κ1) is 14.3. The lowest BCUT2D eigenvalue weighted by Crippen LogP contribution is -2.26. The molecule has 3 nitrogen and oxygen atoms in total. The van der Waals surface area contributed by atoms with Gasteiger partial charge in [0, 0.05) is 25.0 Å². The van der Waals surface area contributed by atoms with Crippen LogP contribution < -0.4 is 10.6 Å². The fourth-order valence-corrected chi connectivity index (χ4v) is 3.37. The van der Waals surface area contributed by atoms with Crippen molar-refractivity contribution in [3.8, 4) is 0 Å². The number of pyridine rings is 1. The van der Waals surface area contributed by atoms with Gasteiger partial charge in [0.2, 0.25) is 0 Å². The van der Waals surface area contributed by atoms with E-state index in [0.717, 1.165) is 30.5 Å². The van der Waals surface area contributed by atoms with Crippen LogP contribution in [0.4, 0.5) is 5.82 Å². The van der Waals surface area contributed by atoms with E-state index in [1.54, 1.807) is 0 Å². The minimum atomic E-state index is 0.503. The van der Waals surface area contributed by atoms with Gasteiger partial charge in [-0.05, 0) is 36.6 Å². The number of nitrogens with zero attached hydrogens (tertiary/aromatic N) is 2. The Morgan fingerprint density at radius 1 is 1.24 bits per heavy atom. The lowest BCUT2D eigenvalue weighted by Gasteiger charge is -2.24. The van der Waals surface area contributed by atoms with Crippen molar-refractivity contribution >= 4 is 16.6 Å². The molecule has 3 rings (SSSR count). The van der Waals surface area contributed by atoms with E-state index in [1.165, 1.54) is 36.5 Å². The van der Waals surface area contributed by atoms with Gasteiger partial charge in [-0.15, -0.1) is 0 Å². The van der Waals surface area contributed by atoms with Crippen molar-refractivity contribution in [3.63, 3.8) is 0 Å². The molecule has 0 bridgehead atoms. The summed E-state index contributed by atoms with van der Waals surface area (Å²) < 4.78 is 0. The Balaban J connectivity index is 1.98. The van der Waals surface area contributed by atoms with E-state index in [4.69, 9.17) is 10.7 Å². The number of anilines is 1. The third kappa shape index (κ3) is 3.03. The van der Waals surface area contributed by atoms with Crippen molar-refractivity contribution < 1.29 is 0 Å². The van der Waals surface area contributed by atoms with E-state index in [2.05, 4.69) is 42.2 Å². The third-order valence-electron chi connectivity index (χ3n) is 4.71. The number of benzene rings is 1. The van der Waals surface area contributed by atoms with Crippen LogP contribution in [0.1, 0.15) is 38.3 Å². The lowest BCUT2D eigenvalue weighted by atomic mass is 9.98. The van der Waals surface area contributed by atoms with Crippen LogP contribution in [0.2, 0.25) is 0 Å². The molecule has 0 radical (unpaired) electrons. The number of rotatable bonds is 3. The number of hydrogen-bond donors (Lipinski definition) is 1. The van der Waals surface area contributed by atoms with Gasteiger partial charge in [0.1, 0.15) is 5.82 Å². The van der Waals surface area contributed by atoms with Crippen LogP contribution in [-0.2, 0) is 6.54 Å². The quantitative estimate of drug-likeness (QED) is 0.933. The zero-order valence-electron chi connectivity index (χ0n) is 12.9. The predicted octanol–water partition coefficient (Wildman–Crippen LogP) is 3.71.